The van der Waals surface area contributed by atoms with Crippen LogP contribution in [0.15, 0.2) is 0 Å². The minimum absolute atomic E-state index is 0.136. The molecule has 46 heavy (non-hydrogen) atoms. The minimum atomic E-state index is -0.774. The highest BCUT2D eigenvalue weighted by atomic mass is 16.5. The Kier molecular flexibility index (Phi) is 27.1. The summed E-state index contributed by atoms with van der Waals surface area (Å²) in [6, 6.07) is 0. The van der Waals surface area contributed by atoms with Crippen molar-refractivity contribution in [2.45, 2.75) is 158 Å². The summed E-state index contributed by atoms with van der Waals surface area (Å²) >= 11 is 0. The second kappa shape index (κ2) is 27.5. The molecule has 1 N–H and O–H groups in total. The summed E-state index contributed by atoms with van der Waals surface area (Å²) < 4.78 is 20.9. The second-order valence-corrected chi connectivity index (χ2v) is 13.2. The lowest BCUT2D eigenvalue weighted by Crippen LogP contribution is -2.26. The third-order valence-corrected chi connectivity index (χ3v) is 8.21. The maximum absolute atomic E-state index is 11.8. The molecular weight excluding hydrogens is 592 g/mol. The molecule has 0 saturated carbocycles. The number of esters is 4. The van der Waals surface area contributed by atoms with Crippen LogP contribution >= 0.6 is 0 Å². The zero-order valence-corrected chi connectivity index (χ0v) is 30.3. The van der Waals surface area contributed by atoms with Gasteiger partial charge in [0.05, 0.1) is 37.3 Å². The first kappa shape index (κ1) is 45.5. The predicted molar refractivity (Wildman–Crippen MR) is 179 cm³/mol. The van der Waals surface area contributed by atoms with Gasteiger partial charge in [-0.2, -0.15) is 0 Å². The van der Waals surface area contributed by atoms with Crippen LogP contribution < -0.4 is 0 Å². The van der Waals surface area contributed by atoms with Gasteiger partial charge in [0.2, 0.25) is 0 Å². The summed E-state index contributed by atoms with van der Waals surface area (Å²) in [6.45, 7) is 17.1. The van der Waals surface area contributed by atoms with Crippen LogP contribution in [0.25, 0.3) is 0 Å². The Morgan fingerprint density at radius 2 is 1.02 bits per heavy atom. The van der Waals surface area contributed by atoms with Gasteiger partial charge < -0.3 is 24.1 Å². The van der Waals surface area contributed by atoms with Crippen molar-refractivity contribution in [3.8, 4) is 0 Å². The summed E-state index contributed by atoms with van der Waals surface area (Å²) in [7, 11) is 0. The summed E-state index contributed by atoms with van der Waals surface area (Å²) in [5.41, 5.74) is -0.902. The molecular formula is C36H66O10. The van der Waals surface area contributed by atoms with Crippen molar-refractivity contribution < 1.29 is 48.0 Å². The highest BCUT2D eigenvalue weighted by Crippen LogP contribution is 2.22. The number of carboxylic acid groups (broad SMARTS) is 1. The van der Waals surface area contributed by atoms with Gasteiger partial charge in [0.25, 0.3) is 0 Å². The summed E-state index contributed by atoms with van der Waals surface area (Å²) in [5.74, 6) is -1.13. The number of unbranched alkanes of at least 4 members (excludes halogenated alkanes) is 5. The third-order valence-electron chi connectivity index (χ3n) is 8.21. The number of carbonyl (C=O) groups is 5. The first-order valence-corrected chi connectivity index (χ1v) is 17.5. The van der Waals surface area contributed by atoms with Crippen molar-refractivity contribution in [1.82, 2.24) is 0 Å². The van der Waals surface area contributed by atoms with Crippen molar-refractivity contribution in [3.63, 3.8) is 0 Å². The summed E-state index contributed by atoms with van der Waals surface area (Å²) in [4.78, 5) is 57.1. The molecule has 0 aliphatic carbocycles. The molecule has 0 fully saturated rings. The molecule has 10 heteroatoms. The van der Waals surface area contributed by atoms with Gasteiger partial charge in [-0.15, -0.1) is 0 Å². The Bertz CT molecular complexity index is 850. The molecule has 0 amide bonds. The average Bonchev–Trinajstić information content (AvgIpc) is 3.02. The smallest absolute Gasteiger partial charge is 0.311 e. The van der Waals surface area contributed by atoms with Crippen LogP contribution in [-0.4, -0.2) is 61.4 Å². The van der Waals surface area contributed by atoms with E-state index < -0.39 is 16.8 Å². The van der Waals surface area contributed by atoms with E-state index in [0.29, 0.717) is 51.4 Å². The summed E-state index contributed by atoms with van der Waals surface area (Å²) in [5, 5.41) is 8.41. The van der Waals surface area contributed by atoms with Crippen molar-refractivity contribution >= 4 is 29.8 Å². The molecule has 0 saturated heterocycles. The molecule has 1 atom stereocenters. The SMILES string of the molecule is CCC(C)(C)C(=O)OCCCCCC(=O)O.CCCCC(CC)COC(=O)CCCCCOC(=O)CCCOC(=O)C(C)(C)CC. The number of hydrogen-bond donors (Lipinski definition) is 1. The normalized spacial score (nSPS) is 11.9. The van der Waals surface area contributed by atoms with Crippen molar-refractivity contribution in [2.75, 3.05) is 26.4 Å². The quantitative estimate of drug-likeness (QED) is 0.0548. The van der Waals surface area contributed by atoms with Gasteiger partial charge in [-0.1, -0.05) is 47.0 Å². The molecule has 270 valence electrons. The zero-order chi connectivity index (χ0) is 35.4. The fourth-order valence-corrected chi connectivity index (χ4v) is 3.77. The van der Waals surface area contributed by atoms with E-state index in [1.807, 2.05) is 41.5 Å². The van der Waals surface area contributed by atoms with Crippen LogP contribution in [0.4, 0.5) is 0 Å². The number of carbonyl (C=O) groups excluding carboxylic acids is 4. The largest absolute Gasteiger partial charge is 0.481 e. The molecule has 0 aromatic carbocycles. The van der Waals surface area contributed by atoms with Crippen molar-refractivity contribution in [2.24, 2.45) is 16.7 Å². The van der Waals surface area contributed by atoms with Crippen LogP contribution in [0.1, 0.15) is 158 Å². The molecule has 10 nitrogen and oxygen atoms in total. The molecule has 0 aromatic heterocycles. The van der Waals surface area contributed by atoms with Gasteiger partial charge in [0.15, 0.2) is 0 Å². The van der Waals surface area contributed by atoms with Gasteiger partial charge in [-0.25, -0.2) is 0 Å². The van der Waals surface area contributed by atoms with E-state index in [1.165, 1.54) is 12.8 Å². The van der Waals surface area contributed by atoms with E-state index in [1.54, 1.807) is 0 Å². The minimum Gasteiger partial charge on any atom is -0.481 e. The van der Waals surface area contributed by atoms with E-state index in [2.05, 4.69) is 13.8 Å². The molecule has 0 aromatic rings. The van der Waals surface area contributed by atoms with Gasteiger partial charge in [0.1, 0.15) is 0 Å². The molecule has 0 radical (unpaired) electrons. The lowest BCUT2D eigenvalue weighted by molar-refractivity contribution is -0.155. The first-order valence-electron chi connectivity index (χ1n) is 17.5. The Morgan fingerprint density at radius 3 is 1.50 bits per heavy atom. The topological polar surface area (TPSA) is 143 Å². The second-order valence-electron chi connectivity index (χ2n) is 13.2. The lowest BCUT2D eigenvalue weighted by atomic mass is 9.91. The highest BCUT2D eigenvalue weighted by Gasteiger charge is 2.27. The third kappa shape index (κ3) is 25.5. The van der Waals surface area contributed by atoms with Gasteiger partial charge in [-0.05, 0) is 97.8 Å². The lowest BCUT2D eigenvalue weighted by Gasteiger charge is -2.20. The Morgan fingerprint density at radius 1 is 0.565 bits per heavy atom. The van der Waals surface area contributed by atoms with Crippen LogP contribution in [-0.2, 0) is 42.9 Å². The number of rotatable bonds is 26. The van der Waals surface area contributed by atoms with Gasteiger partial charge >= 0.3 is 29.8 Å². The Labute approximate surface area is 279 Å². The van der Waals surface area contributed by atoms with Crippen LogP contribution in [0.2, 0.25) is 0 Å². The van der Waals surface area contributed by atoms with E-state index in [4.69, 9.17) is 24.1 Å². The predicted octanol–water partition coefficient (Wildman–Crippen LogP) is 8.22. The fourth-order valence-electron chi connectivity index (χ4n) is 3.77. The van der Waals surface area contributed by atoms with Crippen LogP contribution in [0.5, 0.6) is 0 Å². The number of ether oxygens (including phenoxy) is 4. The van der Waals surface area contributed by atoms with E-state index in [0.717, 1.165) is 51.4 Å². The highest BCUT2D eigenvalue weighted by molar-refractivity contribution is 5.76. The molecule has 0 heterocycles. The zero-order valence-electron chi connectivity index (χ0n) is 30.3. The maximum Gasteiger partial charge on any atom is 0.311 e. The van der Waals surface area contributed by atoms with E-state index >= 15 is 0 Å². The van der Waals surface area contributed by atoms with Crippen LogP contribution in [0, 0.1) is 16.7 Å². The Hall–Kier alpha value is -2.65. The molecule has 0 aliphatic rings. The standard InChI is InChI=1S/C24H44O6.C12H22O4/c1-6-9-14-20(7-2)19-30-22(26)15-11-10-12-17-28-21(25)16-13-18-29-23(27)24(4,5)8-3;1-4-12(2,3)11(15)16-9-7-5-6-8-10(13)14/h20H,6-19H2,1-5H3;4-9H2,1-3H3,(H,13,14). The van der Waals surface area contributed by atoms with E-state index in [-0.39, 0.29) is 43.3 Å². The summed E-state index contributed by atoms with van der Waals surface area (Å²) in [6.07, 6.45) is 11.7. The molecule has 0 rings (SSSR count). The number of aliphatic carboxylic acids is 1. The van der Waals surface area contributed by atoms with Crippen LogP contribution in [0.3, 0.4) is 0 Å². The van der Waals surface area contributed by atoms with E-state index in [9.17, 15) is 24.0 Å². The maximum atomic E-state index is 11.8. The molecule has 0 spiro atoms. The number of hydrogen-bond acceptors (Lipinski definition) is 9. The molecule has 0 aliphatic heterocycles. The number of carboxylic acids is 1. The van der Waals surface area contributed by atoms with Gasteiger partial charge in [0, 0.05) is 19.3 Å². The molecule has 0 bridgehead atoms. The molecule has 1 unspecified atom stereocenters. The fraction of sp³-hybridized carbons (Fsp3) is 0.861. The van der Waals surface area contributed by atoms with Crippen molar-refractivity contribution in [3.05, 3.63) is 0 Å². The Balaban J connectivity index is 0. The van der Waals surface area contributed by atoms with Crippen molar-refractivity contribution in [1.29, 1.82) is 0 Å². The average molecular weight is 659 g/mol. The van der Waals surface area contributed by atoms with Gasteiger partial charge in [-0.3, -0.25) is 24.0 Å². The first-order chi connectivity index (χ1) is 21.7. The monoisotopic (exact) mass is 658 g/mol.